The summed E-state index contributed by atoms with van der Waals surface area (Å²) in [5.74, 6) is -0.383. The molecule has 0 bridgehead atoms. The summed E-state index contributed by atoms with van der Waals surface area (Å²) in [4.78, 5) is 55.7. The predicted octanol–water partition coefficient (Wildman–Crippen LogP) is 4.74. The van der Waals surface area contributed by atoms with E-state index in [1.165, 1.54) is 4.90 Å². The number of nitrogens with one attached hydrogen (secondary N) is 1. The number of hydrogen-bond donors (Lipinski definition) is 1. The van der Waals surface area contributed by atoms with E-state index < -0.39 is 11.9 Å². The highest BCUT2D eigenvalue weighted by Crippen LogP contribution is 2.34. The average Bonchev–Trinajstić information content (AvgIpc) is 3.33. The van der Waals surface area contributed by atoms with Crippen molar-refractivity contribution in [3.63, 3.8) is 0 Å². The van der Waals surface area contributed by atoms with Crippen molar-refractivity contribution in [1.82, 2.24) is 20.0 Å². The first kappa shape index (κ1) is 33.0. The minimum absolute atomic E-state index is 0.112. The Bertz CT molecular complexity index is 1330. The maximum atomic E-state index is 13.1. The summed E-state index contributed by atoms with van der Waals surface area (Å²) in [6, 6.07) is 12.6. The van der Waals surface area contributed by atoms with Gasteiger partial charge in [0.05, 0.1) is 13.2 Å². The molecule has 4 amide bonds. The lowest BCUT2D eigenvalue weighted by Gasteiger charge is -2.29. The molecule has 1 N–H and O–H groups in total. The summed E-state index contributed by atoms with van der Waals surface area (Å²) in [5, 5.41) is 2.33. The molecule has 1 saturated heterocycles. The van der Waals surface area contributed by atoms with Crippen LogP contribution in [0.3, 0.4) is 0 Å². The van der Waals surface area contributed by atoms with Crippen LogP contribution in [0.25, 0.3) is 0 Å². The number of amides is 4. The van der Waals surface area contributed by atoms with Gasteiger partial charge in [0.25, 0.3) is 5.91 Å². The Hall–Kier alpha value is -3.92. The Morgan fingerprint density at radius 1 is 1.00 bits per heavy atom. The summed E-state index contributed by atoms with van der Waals surface area (Å²) in [6.45, 7) is 15.3. The van der Waals surface area contributed by atoms with Gasteiger partial charge in [0.15, 0.2) is 0 Å². The first-order chi connectivity index (χ1) is 21.0. The van der Waals surface area contributed by atoms with E-state index in [0.29, 0.717) is 44.0 Å². The molecule has 10 heteroatoms. The van der Waals surface area contributed by atoms with E-state index in [1.54, 1.807) is 17.0 Å². The number of imide groups is 1. The Kier molecular flexibility index (Phi) is 11.0. The lowest BCUT2D eigenvalue weighted by atomic mass is 9.99. The zero-order valence-corrected chi connectivity index (χ0v) is 26.7. The van der Waals surface area contributed by atoms with E-state index >= 15 is 0 Å². The van der Waals surface area contributed by atoms with Crippen LogP contribution in [0.2, 0.25) is 0 Å². The van der Waals surface area contributed by atoms with Crippen LogP contribution in [0.5, 0.6) is 5.75 Å². The van der Waals surface area contributed by atoms with Gasteiger partial charge < -0.3 is 24.2 Å². The molecule has 0 aromatic heterocycles. The van der Waals surface area contributed by atoms with E-state index in [9.17, 15) is 19.2 Å². The summed E-state index contributed by atoms with van der Waals surface area (Å²) in [6.07, 6.45) is 1.09. The first-order valence-electron chi connectivity index (χ1n) is 15.6. The first-order valence-corrected chi connectivity index (χ1v) is 15.6. The lowest BCUT2D eigenvalue weighted by Crippen LogP contribution is -2.52. The molecule has 44 heavy (non-hydrogen) atoms. The maximum absolute atomic E-state index is 13.1. The van der Waals surface area contributed by atoms with Crippen molar-refractivity contribution in [2.75, 3.05) is 32.8 Å². The van der Waals surface area contributed by atoms with Gasteiger partial charge in [-0.25, -0.2) is 4.79 Å². The lowest BCUT2D eigenvalue weighted by molar-refractivity contribution is -0.136. The summed E-state index contributed by atoms with van der Waals surface area (Å²) < 4.78 is 11.8. The van der Waals surface area contributed by atoms with Crippen LogP contribution in [0.4, 0.5) is 4.79 Å². The fraction of sp³-hybridized carbons (Fsp3) is 0.529. The fourth-order valence-corrected chi connectivity index (χ4v) is 5.44. The van der Waals surface area contributed by atoms with Gasteiger partial charge in [-0.05, 0) is 61.2 Å². The van der Waals surface area contributed by atoms with Gasteiger partial charge in [-0.2, -0.15) is 0 Å². The number of piperidine rings is 1. The predicted molar refractivity (Wildman–Crippen MR) is 167 cm³/mol. The Labute approximate surface area is 260 Å². The highest BCUT2D eigenvalue weighted by atomic mass is 16.6. The van der Waals surface area contributed by atoms with Crippen LogP contribution < -0.4 is 10.1 Å². The summed E-state index contributed by atoms with van der Waals surface area (Å²) >= 11 is 0. The third-order valence-electron chi connectivity index (χ3n) is 8.01. The van der Waals surface area contributed by atoms with Crippen molar-refractivity contribution in [1.29, 1.82) is 0 Å². The Morgan fingerprint density at radius 2 is 1.70 bits per heavy atom. The number of carbonyl (C=O) groups is 4. The number of benzene rings is 2. The smallest absolute Gasteiger partial charge is 0.410 e. The molecule has 2 aromatic rings. The second-order valence-corrected chi connectivity index (χ2v) is 12.7. The molecule has 0 aliphatic carbocycles. The van der Waals surface area contributed by atoms with E-state index in [2.05, 4.69) is 24.1 Å². The highest BCUT2D eigenvalue weighted by molar-refractivity contribution is 6.05. The van der Waals surface area contributed by atoms with Gasteiger partial charge in [0.1, 0.15) is 18.4 Å². The average molecular weight is 607 g/mol. The molecule has 0 saturated carbocycles. The summed E-state index contributed by atoms with van der Waals surface area (Å²) in [7, 11) is 0. The topological polar surface area (TPSA) is 108 Å². The molecule has 0 radical (unpaired) electrons. The minimum Gasteiger partial charge on any atom is -0.489 e. The zero-order valence-electron chi connectivity index (χ0n) is 26.7. The molecule has 2 aliphatic heterocycles. The van der Waals surface area contributed by atoms with Crippen molar-refractivity contribution < 1.29 is 28.7 Å². The fourth-order valence-electron chi connectivity index (χ4n) is 5.44. The molecule has 0 spiro atoms. The SMILES string of the molecule is CCN(CC)CCCN(Cc1ccc(COc2cccc3c2CN(C2CCC(=O)NC2=O)C3=O)cc1)C(=O)OCC(C)(C)C. The molecule has 1 fully saturated rings. The third-order valence-corrected chi connectivity index (χ3v) is 8.01. The van der Waals surface area contributed by atoms with Crippen molar-refractivity contribution in [3.05, 3.63) is 64.7 Å². The minimum atomic E-state index is -0.671. The van der Waals surface area contributed by atoms with Crippen molar-refractivity contribution in [2.24, 2.45) is 5.41 Å². The maximum Gasteiger partial charge on any atom is 0.410 e. The normalized spacial score (nSPS) is 16.6. The highest BCUT2D eigenvalue weighted by Gasteiger charge is 2.40. The van der Waals surface area contributed by atoms with Crippen molar-refractivity contribution in [2.45, 2.75) is 79.6 Å². The number of fused-ring (bicyclic) bond motifs is 1. The van der Waals surface area contributed by atoms with E-state index in [-0.39, 0.29) is 36.3 Å². The van der Waals surface area contributed by atoms with Crippen LogP contribution in [-0.2, 0) is 34.0 Å². The molecular formula is C34H46N4O6. The van der Waals surface area contributed by atoms with Crippen LogP contribution in [0.15, 0.2) is 42.5 Å². The second-order valence-electron chi connectivity index (χ2n) is 12.7. The molecule has 238 valence electrons. The number of hydrogen-bond acceptors (Lipinski definition) is 7. The number of rotatable bonds is 13. The molecule has 1 unspecified atom stereocenters. The standard InChI is InChI=1S/C34H46N4O6/c1-6-36(7-2)18-9-19-37(33(42)44-23-34(3,4)5)20-24-12-14-25(15-13-24)22-43-29-11-8-10-26-27(29)21-38(32(26)41)28-16-17-30(39)35-31(28)40/h8,10-15,28H,6-7,9,16-23H2,1-5H3,(H,35,39,40). The van der Waals surface area contributed by atoms with E-state index in [0.717, 1.165) is 42.7 Å². The van der Waals surface area contributed by atoms with Crippen molar-refractivity contribution in [3.8, 4) is 5.75 Å². The largest absolute Gasteiger partial charge is 0.489 e. The van der Waals surface area contributed by atoms with Gasteiger partial charge in [-0.15, -0.1) is 0 Å². The monoisotopic (exact) mass is 606 g/mol. The quantitative estimate of drug-likeness (QED) is 0.328. The number of nitrogens with zero attached hydrogens (tertiary/aromatic N) is 3. The molecule has 2 aliphatic rings. The molecule has 2 heterocycles. The van der Waals surface area contributed by atoms with E-state index in [1.807, 2.05) is 51.1 Å². The number of carbonyl (C=O) groups excluding carboxylic acids is 4. The molecule has 2 aromatic carbocycles. The number of ether oxygens (including phenoxy) is 2. The van der Waals surface area contributed by atoms with Gasteiger partial charge in [0, 0.05) is 30.6 Å². The van der Waals surface area contributed by atoms with Gasteiger partial charge in [-0.1, -0.05) is 65.0 Å². The molecule has 1 atom stereocenters. The second kappa shape index (κ2) is 14.7. The van der Waals surface area contributed by atoms with E-state index in [4.69, 9.17) is 9.47 Å². The molecular weight excluding hydrogens is 560 g/mol. The van der Waals surface area contributed by atoms with Crippen LogP contribution in [0, 0.1) is 5.41 Å². The van der Waals surface area contributed by atoms with Crippen LogP contribution in [0.1, 0.15) is 80.9 Å². The Balaban J connectivity index is 1.37. The third kappa shape index (κ3) is 8.59. The van der Waals surface area contributed by atoms with Gasteiger partial charge in [-0.3, -0.25) is 19.7 Å². The van der Waals surface area contributed by atoms with Gasteiger partial charge in [0.2, 0.25) is 11.8 Å². The Morgan fingerprint density at radius 3 is 2.36 bits per heavy atom. The zero-order chi connectivity index (χ0) is 31.9. The summed E-state index contributed by atoms with van der Waals surface area (Å²) in [5.41, 5.74) is 3.09. The van der Waals surface area contributed by atoms with Crippen LogP contribution >= 0.6 is 0 Å². The van der Waals surface area contributed by atoms with Crippen LogP contribution in [-0.4, -0.2) is 77.3 Å². The van der Waals surface area contributed by atoms with Crippen molar-refractivity contribution >= 4 is 23.8 Å². The molecule has 10 nitrogen and oxygen atoms in total. The molecule has 4 rings (SSSR count). The van der Waals surface area contributed by atoms with Gasteiger partial charge >= 0.3 is 6.09 Å².